The van der Waals surface area contributed by atoms with E-state index >= 15 is 0 Å². The number of hydrogen-bond donors (Lipinski definition) is 1. The number of aliphatic carboxylic acids is 1. The van der Waals surface area contributed by atoms with Crippen molar-refractivity contribution in [1.82, 2.24) is 9.66 Å². The quantitative estimate of drug-likeness (QED) is 0.240. The number of benzene rings is 3. The Morgan fingerprint density at radius 3 is 2.74 bits per heavy atom. The summed E-state index contributed by atoms with van der Waals surface area (Å²) in [5, 5.41) is 15.2. The third kappa shape index (κ3) is 5.06. The molecule has 2 aromatic heterocycles. The van der Waals surface area contributed by atoms with Gasteiger partial charge < -0.3 is 19.0 Å². The van der Waals surface area contributed by atoms with Crippen LogP contribution < -0.4 is 15.0 Å². The van der Waals surface area contributed by atoms with Gasteiger partial charge in [-0.1, -0.05) is 35.3 Å². The second kappa shape index (κ2) is 10.6. The maximum atomic E-state index is 13.5. The third-order valence-electron chi connectivity index (χ3n) is 5.45. The Morgan fingerprint density at radius 1 is 1.13 bits per heavy atom. The summed E-state index contributed by atoms with van der Waals surface area (Å²) in [4.78, 5) is 29.1. The van der Waals surface area contributed by atoms with Crippen molar-refractivity contribution >= 4 is 57.3 Å². The van der Waals surface area contributed by atoms with Crippen molar-refractivity contribution in [3.63, 3.8) is 0 Å². The highest BCUT2D eigenvalue weighted by atomic mass is 35.5. The van der Waals surface area contributed by atoms with E-state index in [1.807, 2.05) is 0 Å². The van der Waals surface area contributed by atoms with Gasteiger partial charge in [-0.2, -0.15) is 9.78 Å². The normalized spacial score (nSPS) is 11.4. The number of rotatable bonds is 8. The molecule has 3 aromatic carbocycles. The van der Waals surface area contributed by atoms with Gasteiger partial charge in [0.25, 0.3) is 5.56 Å². The number of nitrogens with zero attached hydrogens (tertiary/aromatic N) is 3. The molecule has 5 rings (SSSR count). The third-order valence-corrected chi connectivity index (χ3v) is 5.96. The van der Waals surface area contributed by atoms with Gasteiger partial charge in [0.2, 0.25) is 5.82 Å². The number of aromatic nitrogens is 2. The van der Waals surface area contributed by atoms with E-state index in [0.29, 0.717) is 32.8 Å². The van der Waals surface area contributed by atoms with Crippen molar-refractivity contribution in [2.45, 2.75) is 6.92 Å². The fourth-order valence-corrected chi connectivity index (χ4v) is 4.29. The molecule has 0 unspecified atom stereocenters. The molecule has 1 N–H and O–H groups in total. The molecule has 11 heteroatoms. The fourth-order valence-electron chi connectivity index (χ4n) is 3.84. The smallest absolute Gasteiger partial charge is 0.341 e. The molecule has 0 radical (unpaired) electrons. The molecular formula is C27H19Cl2N3O6. The van der Waals surface area contributed by atoms with Crippen LogP contribution in [0.4, 0.5) is 0 Å². The van der Waals surface area contributed by atoms with Crippen LogP contribution in [0.2, 0.25) is 10.0 Å². The van der Waals surface area contributed by atoms with Gasteiger partial charge in [-0.05, 0) is 61.0 Å². The van der Waals surface area contributed by atoms with E-state index in [1.165, 1.54) is 12.3 Å². The Kier molecular flexibility index (Phi) is 7.04. The van der Waals surface area contributed by atoms with Gasteiger partial charge in [0.15, 0.2) is 23.9 Å². The molecule has 0 saturated carbocycles. The average Bonchev–Trinajstić information content (AvgIpc) is 3.30. The van der Waals surface area contributed by atoms with Gasteiger partial charge in [0, 0.05) is 10.4 Å². The van der Waals surface area contributed by atoms with Crippen LogP contribution in [0.5, 0.6) is 11.5 Å². The van der Waals surface area contributed by atoms with Crippen molar-refractivity contribution in [1.29, 1.82) is 0 Å². The molecule has 5 aromatic rings. The highest BCUT2D eigenvalue weighted by Crippen LogP contribution is 2.36. The molecule has 38 heavy (non-hydrogen) atoms. The largest absolute Gasteiger partial charge is 0.490 e. The van der Waals surface area contributed by atoms with Crippen LogP contribution in [0.25, 0.3) is 33.5 Å². The molecule has 0 fully saturated rings. The van der Waals surface area contributed by atoms with Gasteiger partial charge in [0.1, 0.15) is 5.58 Å². The molecule has 2 heterocycles. The summed E-state index contributed by atoms with van der Waals surface area (Å²) < 4.78 is 18.0. The predicted molar refractivity (Wildman–Crippen MR) is 145 cm³/mol. The Morgan fingerprint density at radius 2 is 1.95 bits per heavy atom. The molecule has 0 spiro atoms. The molecule has 0 bridgehead atoms. The monoisotopic (exact) mass is 551 g/mol. The number of carbonyl (C=O) groups is 1. The number of fused-ring (bicyclic) bond motifs is 2. The highest BCUT2D eigenvalue weighted by molar-refractivity contribution is 6.32. The first kappa shape index (κ1) is 25.3. The molecule has 9 nitrogen and oxygen atoms in total. The maximum absolute atomic E-state index is 13.5. The maximum Gasteiger partial charge on any atom is 0.341 e. The number of para-hydroxylation sites is 1. The lowest BCUT2D eigenvalue weighted by Gasteiger charge is -2.13. The van der Waals surface area contributed by atoms with Crippen LogP contribution in [-0.4, -0.2) is 40.2 Å². The lowest BCUT2D eigenvalue weighted by atomic mass is 10.2. The minimum absolute atomic E-state index is 0.0965. The fraction of sp³-hybridized carbons (Fsp3) is 0.111. The van der Waals surface area contributed by atoms with Crippen molar-refractivity contribution in [3.05, 3.63) is 86.6 Å². The molecule has 0 aliphatic rings. The second-order valence-electron chi connectivity index (χ2n) is 8.05. The summed E-state index contributed by atoms with van der Waals surface area (Å²) in [6.07, 6.45) is 1.41. The lowest BCUT2D eigenvalue weighted by molar-refractivity contribution is -0.139. The van der Waals surface area contributed by atoms with Crippen LogP contribution in [0.3, 0.4) is 0 Å². The van der Waals surface area contributed by atoms with Crippen LogP contribution in [-0.2, 0) is 4.79 Å². The Balaban J connectivity index is 1.63. The molecule has 192 valence electrons. The Bertz CT molecular complexity index is 1780. The number of ether oxygens (including phenoxy) is 2. The summed E-state index contributed by atoms with van der Waals surface area (Å²) in [5.41, 5.74) is 1.13. The predicted octanol–water partition coefficient (Wildman–Crippen LogP) is 5.86. The average molecular weight is 552 g/mol. The summed E-state index contributed by atoms with van der Waals surface area (Å²) in [7, 11) is 0. The van der Waals surface area contributed by atoms with E-state index < -0.39 is 18.1 Å². The van der Waals surface area contributed by atoms with Crippen LogP contribution in [0, 0.1) is 0 Å². The van der Waals surface area contributed by atoms with E-state index in [2.05, 4.69) is 10.1 Å². The number of carboxylic acid groups (broad SMARTS) is 1. The molecule has 0 saturated heterocycles. The SMILES string of the molecule is CCOc1cc(C=Nn2c(-c3cc4cc(Cl)ccc4o3)nc3ccccc3c2=O)cc(Cl)c1OCC(=O)O. The highest BCUT2D eigenvalue weighted by Gasteiger charge is 2.17. The molecule has 0 aliphatic heterocycles. The van der Waals surface area contributed by atoms with E-state index in [1.54, 1.807) is 61.5 Å². The Hall–Kier alpha value is -4.34. The second-order valence-corrected chi connectivity index (χ2v) is 8.90. The zero-order chi connectivity index (χ0) is 26.8. The lowest BCUT2D eigenvalue weighted by Crippen LogP contribution is -2.20. The standard InChI is InChI=1S/C27H19Cl2N3O6/c1-2-36-22-10-15(9-19(29)25(22)37-14-24(33)34)13-30-32-26(31-20-6-4-3-5-18(20)27(32)35)23-12-16-11-17(28)7-8-21(16)38-23/h3-13H,2,14H2,1H3,(H,33,34). The van der Waals surface area contributed by atoms with Gasteiger partial charge in [-0.25, -0.2) is 9.78 Å². The van der Waals surface area contributed by atoms with Crippen molar-refractivity contribution in [2.24, 2.45) is 5.10 Å². The topological polar surface area (TPSA) is 116 Å². The van der Waals surface area contributed by atoms with E-state index in [9.17, 15) is 9.59 Å². The van der Waals surface area contributed by atoms with E-state index in [-0.39, 0.29) is 29.0 Å². The van der Waals surface area contributed by atoms with Crippen molar-refractivity contribution in [3.8, 4) is 23.1 Å². The van der Waals surface area contributed by atoms with Gasteiger partial charge in [0.05, 0.1) is 28.7 Å². The van der Waals surface area contributed by atoms with Gasteiger partial charge in [-0.3, -0.25) is 4.79 Å². The van der Waals surface area contributed by atoms with Gasteiger partial charge in [-0.15, -0.1) is 0 Å². The first-order valence-electron chi connectivity index (χ1n) is 11.4. The first-order valence-corrected chi connectivity index (χ1v) is 12.2. The summed E-state index contributed by atoms with van der Waals surface area (Å²) in [6.45, 7) is 1.47. The molecular weight excluding hydrogens is 533 g/mol. The molecule has 0 aliphatic carbocycles. The minimum Gasteiger partial charge on any atom is -0.490 e. The van der Waals surface area contributed by atoms with Crippen LogP contribution >= 0.6 is 23.2 Å². The summed E-state index contributed by atoms with van der Waals surface area (Å²) in [6, 6.07) is 17.0. The summed E-state index contributed by atoms with van der Waals surface area (Å²) in [5.74, 6) is -0.305. The Labute approximate surface area is 225 Å². The number of halogens is 2. The van der Waals surface area contributed by atoms with Crippen molar-refractivity contribution < 1.29 is 23.8 Å². The molecule has 0 amide bonds. The van der Waals surface area contributed by atoms with Crippen molar-refractivity contribution in [2.75, 3.05) is 13.2 Å². The zero-order valence-corrected chi connectivity index (χ0v) is 21.4. The number of furan rings is 1. The zero-order valence-electron chi connectivity index (χ0n) is 19.9. The van der Waals surface area contributed by atoms with Gasteiger partial charge >= 0.3 is 5.97 Å². The molecule has 0 atom stereocenters. The summed E-state index contributed by atoms with van der Waals surface area (Å²) >= 11 is 12.5. The first-order chi connectivity index (χ1) is 18.3. The van der Waals surface area contributed by atoms with E-state index in [0.717, 1.165) is 10.1 Å². The van der Waals surface area contributed by atoms with Crippen LogP contribution in [0.15, 0.2) is 75.0 Å². The number of carboxylic acids is 1. The van der Waals surface area contributed by atoms with E-state index in [4.69, 9.17) is 42.2 Å². The number of hydrogen-bond acceptors (Lipinski definition) is 7. The minimum atomic E-state index is -1.15. The van der Waals surface area contributed by atoms with Crippen LogP contribution in [0.1, 0.15) is 12.5 Å².